The van der Waals surface area contributed by atoms with Gasteiger partial charge in [0.25, 0.3) is 0 Å². The maximum absolute atomic E-state index is 11.5. The van der Waals surface area contributed by atoms with Crippen molar-refractivity contribution in [1.29, 1.82) is 0 Å². The van der Waals surface area contributed by atoms with Crippen LogP contribution in [0.25, 0.3) is 0 Å². The van der Waals surface area contributed by atoms with Crippen molar-refractivity contribution in [3.8, 4) is 11.5 Å². The van der Waals surface area contributed by atoms with Crippen molar-refractivity contribution in [1.82, 2.24) is 10.3 Å². The Morgan fingerprint density at radius 1 is 1.28 bits per heavy atom. The van der Waals surface area contributed by atoms with E-state index in [0.717, 1.165) is 5.56 Å². The smallest absolute Gasteiger partial charge is 0.337 e. The molecule has 7 nitrogen and oxygen atoms in total. The number of pyridine rings is 1. The number of methoxy groups -OCH3 is 2. The Kier molecular flexibility index (Phi) is 7.18. The maximum Gasteiger partial charge on any atom is 0.337 e. The first-order chi connectivity index (χ1) is 12.1. The molecule has 0 aliphatic heterocycles. The molecular formula is C18H22N2O5. The van der Waals surface area contributed by atoms with E-state index in [1.165, 1.54) is 20.3 Å². The number of hydrogen-bond acceptors (Lipinski definition) is 7. The summed E-state index contributed by atoms with van der Waals surface area (Å²) in [5.41, 5.74) is 1.40. The summed E-state index contributed by atoms with van der Waals surface area (Å²) in [6.07, 6.45) is 2.79. The second-order valence-corrected chi connectivity index (χ2v) is 5.31. The zero-order valence-corrected chi connectivity index (χ0v) is 14.3. The lowest BCUT2D eigenvalue weighted by Crippen LogP contribution is -2.31. The third kappa shape index (κ3) is 5.74. The Balaban J connectivity index is 1.82. The van der Waals surface area contributed by atoms with Gasteiger partial charge in [-0.3, -0.25) is 4.98 Å². The minimum absolute atomic E-state index is 0.0912. The number of aromatic nitrogens is 1. The molecule has 0 unspecified atom stereocenters. The van der Waals surface area contributed by atoms with E-state index in [1.54, 1.807) is 24.5 Å². The number of nitrogens with zero attached hydrogens (tertiary/aromatic N) is 1. The fourth-order valence-corrected chi connectivity index (χ4v) is 2.16. The molecule has 0 saturated carbocycles. The van der Waals surface area contributed by atoms with Crippen LogP contribution in [0.2, 0.25) is 0 Å². The van der Waals surface area contributed by atoms with Crippen LogP contribution in [0, 0.1) is 0 Å². The molecule has 25 heavy (non-hydrogen) atoms. The Hall–Kier alpha value is -2.64. The fourth-order valence-electron chi connectivity index (χ4n) is 2.16. The van der Waals surface area contributed by atoms with E-state index < -0.39 is 12.1 Å². The summed E-state index contributed by atoms with van der Waals surface area (Å²) in [5, 5.41) is 13.2. The number of ether oxygens (including phenoxy) is 3. The van der Waals surface area contributed by atoms with Crippen LogP contribution in [0.1, 0.15) is 15.9 Å². The summed E-state index contributed by atoms with van der Waals surface area (Å²) < 4.78 is 15.5. The van der Waals surface area contributed by atoms with Crippen LogP contribution < -0.4 is 14.8 Å². The van der Waals surface area contributed by atoms with E-state index in [4.69, 9.17) is 9.47 Å². The third-order valence-electron chi connectivity index (χ3n) is 3.45. The van der Waals surface area contributed by atoms with Gasteiger partial charge in [0.1, 0.15) is 12.7 Å². The van der Waals surface area contributed by atoms with Crippen molar-refractivity contribution in [2.75, 3.05) is 27.4 Å². The van der Waals surface area contributed by atoms with Gasteiger partial charge in [-0.25, -0.2) is 4.79 Å². The minimum Gasteiger partial charge on any atom is -0.493 e. The predicted molar refractivity (Wildman–Crippen MR) is 91.8 cm³/mol. The number of nitrogens with one attached hydrogen (secondary N) is 1. The van der Waals surface area contributed by atoms with Gasteiger partial charge in [-0.2, -0.15) is 0 Å². The highest BCUT2D eigenvalue weighted by molar-refractivity contribution is 5.90. The summed E-state index contributed by atoms with van der Waals surface area (Å²) in [5.74, 6) is 0.393. The van der Waals surface area contributed by atoms with E-state index in [-0.39, 0.29) is 6.61 Å². The third-order valence-corrected chi connectivity index (χ3v) is 3.45. The van der Waals surface area contributed by atoms with Gasteiger partial charge >= 0.3 is 5.97 Å². The van der Waals surface area contributed by atoms with E-state index in [0.29, 0.717) is 30.2 Å². The Bertz CT molecular complexity index is 678. The van der Waals surface area contributed by atoms with Crippen molar-refractivity contribution in [3.63, 3.8) is 0 Å². The molecule has 0 amide bonds. The average Bonchev–Trinajstić information content (AvgIpc) is 2.66. The van der Waals surface area contributed by atoms with Crippen LogP contribution in [-0.4, -0.2) is 49.5 Å². The van der Waals surface area contributed by atoms with Crippen molar-refractivity contribution < 1.29 is 24.1 Å². The summed E-state index contributed by atoms with van der Waals surface area (Å²) >= 11 is 0. The largest absolute Gasteiger partial charge is 0.493 e. The number of rotatable bonds is 9. The summed E-state index contributed by atoms with van der Waals surface area (Å²) in [6.45, 7) is 1.08. The molecule has 2 aromatic rings. The second kappa shape index (κ2) is 9.61. The summed E-state index contributed by atoms with van der Waals surface area (Å²) in [4.78, 5) is 15.6. The summed E-state index contributed by atoms with van der Waals surface area (Å²) in [7, 11) is 2.79. The highest BCUT2D eigenvalue weighted by Gasteiger charge is 2.13. The topological polar surface area (TPSA) is 89.9 Å². The molecule has 1 aromatic carbocycles. The van der Waals surface area contributed by atoms with E-state index >= 15 is 0 Å². The first-order valence-electron chi connectivity index (χ1n) is 7.81. The van der Waals surface area contributed by atoms with Gasteiger partial charge in [-0.1, -0.05) is 6.07 Å². The first kappa shape index (κ1) is 18.7. The van der Waals surface area contributed by atoms with Gasteiger partial charge in [-0.05, 0) is 29.8 Å². The van der Waals surface area contributed by atoms with Crippen LogP contribution in [0.3, 0.4) is 0 Å². The van der Waals surface area contributed by atoms with Gasteiger partial charge in [0, 0.05) is 25.5 Å². The van der Waals surface area contributed by atoms with Crippen molar-refractivity contribution in [3.05, 3.63) is 53.9 Å². The van der Waals surface area contributed by atoms with Gasteiger partial charge in [-0.15, -0.1) is 0 Å². The predicted octanol–water partition coefficient (Wildman–Crippen LogP) is 1.41. The zero-order chi connectivity index (χ0) is 18.1. The zero-order valence-electron chi connectivity index (χ0n) is 14.3. The van der Waals surface area contributed by atoms with E-state index in [1.807, 2.05) is 12.1 Å². The lowest BCUT2D eigenvalue weighted by atomic mass is 10.2. The fraction of sp³-hybridized carbons (Fsp3) is 0.333. The van der Waals surface area contributed by atoms with Crippen LogP contribution in [-0.2, 0) is 11.3 Å². The number of esters is 1. The molecule has 0 fully saturated rings. The standard InChI is InChI=1S/C18H22N2O5/c1-23-17-8-14(18(22)24-2)5-6-16(17)25-12-15(21)11-20-10-13-4-3-7-19-9-13/h3-9,15,20-21H,10-12H2,1-2H3/t15-/m0/s1. The number of hydrogen-bond donors (Lipinski definition) is 2. The number of benzene rings is 1. The van der Waals surface area contributed by atoms with Crippen LogP contribution >= 0.6 is 0 Å². The molecule has 1 atom stereocenters. The van der Waals surface area contributed by atoms with Gasteiger partial charge in [0.15, 0.2) is 11.5 Å². The van der Waals surface area contributed by atoms with Gasteiger partial charge < -0.3 is 24.6 Å². The molecule has 0 bridgehead atoms. The molecule has 0 aliphatic carbocycles. The number of carbonyl (C=O) groups excluding carboxylic acids is 1. The summed E-state index contributed by atoms with van der Waals surface area (Å²) in [6, 6.07) is 8.54. The second-order valence-electron chi connectivity index (χ2n) is 5.31. The molecule has 134 valence electrons. The Morgan fingerprint density at radius 3 is 2.80 bits per heavy atom. The van der Waals surface area contributed by atoms with E-state index in [9.17, 15) is 9.90 Å². The molecule has 2 N–H and O–H groups in total. The monoisotopic (exact) mass is 346 g/mol. The number of carbonyl (C=O) groups is 1. The van der Waals surface area contributed by atoms with Gasteiger partial charge in [0.2, 0.25) is 0 Å². The molecule has 0 spiro atoms. The molecule has 2 rings (SSSR count). The maximum atomic E-state index is 11.5. The SMILES string of the molecule is COC(=O)c1ccc(OC[C@@H](O)CNCc2cccnc2)c(OC)c1. The first-order valence-corrected chi connectivity index (χ1v) is 7.81. The van der Waals surface area contributed by atoms with E-state index in [2.05, 4.69) is 15.0 Å². The van der Waals surface area contributed by atoms with Crippen LogP contribution in [0.4, 0.5) is 0 Å². The minimum atomic E-state index is -0.693. The number of aliphatic hydroxyl groups is 1. The van der Waals surface area contributed by atoms with Crippen molar-refractivity contribution in [2.24, 2.45) is 0 Å². The van der Waals surface area contributed by atoms with Crippen LogP contribution in [0.5, 0.6) is 11.5 Å². The highest BCUT2D eigenvalue weighted by Crippen LogP contribution is 2.28. The lowest BCUT2D eigenvalue weighted by Gasteiger charge is -2.15. The van der Waals surface area contributed by atoms with Crippen molar-refractivity contribution >= 4 is 5.97 Å². The quantitative estimate of drug-likeness (QED) is 0.664. The average molecular weight is 346 g/mol. The molecule has 1 heterocycles. The molecule has 1 aromatic heterocycles. The Morgan fingerprint density at radius 2 is 2.12 bits per heavy atom. The molecule has 0 saturated heterocycles. The lowest BCUT2D eigenvalue weighted by molar-refractivity contribution is 0.0600. The molecule has 0 radical (unpaired) electrons. The highest BCUT2D eigenvalue weighted by atomic mass is 16.5. The molecule has 0 aliphatic rings. The molecule has 7 heteroatoms. The Labute approximate surface area is 146 Å². The number of aliphatic hydroxyl groups excluding tert-OH is 1. The van der Waals surface area contributed by atoms with Crippen molar-refractivity contribution in [2.45, 2.75) is 12.6 Å². The van der Waals surface area contributed by atoms with Gasteiger partial charge in [0.05, 0.1) is 19.8 Å². The normalized spacial score (nSPS) is 11.6. The van der Waals surface area contributed by atoms with Crippen LogP contribution in [0.15, 0.2) is 42.7 Å². The molecular weight excluding hydrogens is 324 g/mol.